The van der Waals surface area contributed by atoms with Gasteiger partial charge in [0.25, 0.3) is 5.91 Å². The second-order valence-electron chi connectivity index (χ2n) is 11.1. The van der Waals surface area contributed by atoms with E-state index in [9.17, 15) is 18.0 Å². The van der Waals surface area contributed by atoms with Gasteiger partial charge < -0.3 is 14.2 Å². The van der Waals surface area contributed by atoms with Gasteiger partial charge in [-0.1, -0.05) is 49.6 Å². The first kappa shape index (κ1) is 26.8. The number of esters is 1. The standard InChI is InChI=1S/C31H35N3O5S/c1-39-31(36)23-12-13-26-27(19-23)34-20-24(30(35)32-14-16-33(17-15-32)40(2,37)38)18-22-10-6-7-11-25(22)29(34)28(26)21-8-4-3-5-9-21/h6-7,10-13,18-19,21H,3-5,8-9,14-17,20H2,1-2H3. The Morgan fingerprint density at radius 1 is 0.950 bits per heavy atom. The summed E-state index contributed by atoms with van der Waals surface area (Å²) < 4.78 is 32.7. The van der Waals surface area contributed by atoms with Crippen molar-refractivity contribution in [3.05, 3.63) is 64.7 Å². The Kier molecular flexibility index (Phi) is 7.04. The van der Waals surface area contributed by atoms with Crippen molar-refractivity contribution in [2.45, 2.75) is 44.6 Å². The van der Waals surface area contributed by atoms with Crippen LogP contribution in [0.4, 0.5) is 0 Å². The molecule has 1 amide bonds. The van der Waals surface area contributed by atoms with Crippen LogP contribution in [0, 0.1) is 0 Å². The lowest BCUT2D eigenvalue weighted by Gasteiger charge is -2.33. The van der Waals surface area contributed by atoms with Crippen molar-refractivity contribution in [3.8, 4) is 11.3 Å². The van der Waals surface area contributed by atoms with Crippen LogP contribution in [0.5, 0.6) is 0 Å². The first-order valence-electron chi connectivity index (χ1n) is 14.0. The number of ether oxygens (including phenoxy) is 1. The van der Waals surface area contributed by atoms with Crippen molar-refractivity contribution in [3.63, 3.8) is 0 Å². The predicted octanol–water partition coefficient (Wildman–Crippen LogP) is 4.64. The fourth-order valence-electron chi connectivity index (χ4n) is 6.68. The molecule has 1 saturated heterocycles. The molecular weight excluding hydrogens is 526 g/mol. The Morgan fingerprint density at radius 3 is 2.38 bits per heavy atom. The number of hydrogen-bond acceptors (Lipinski definition) is 5. The highest BCUT2D eigenvalue weighted by Gasteiger charge is 2.32. The van der Waals surface area contributed by atoms with Crippen LogP contribution in [0.3, 0.4) is 0 Å². The molecule has 3 aromatic rings. The number of piperazine rings is 1. The van der Waals surface area contributed by atoms with E-state index in [2.05, 4.69) is 16.7 Å². The van der Waals surface area contributed by atoms with Crippen molar-refractivity contribution in [1.82, 2.24) is 13.8 Å². The third kappa shape index (κ3) is 4.75. The molecule has 0 atom stereocenters. The summed E-state index contributed by atoms with van der Waals surface area (Å²) in [6.07, 6.45) is 9.09. The van der Waals surface area contributed by atoms with Crippen molar-refractivity contribution >= 4 is 38.9 Å². The zero-order valence-electron chi connectivity index (χ0n) is 23.1. The summed E-state index contributed by atoms with van der Waals surface area (Å²) in [6, 6.07) is 14.0. The molecule has 0 bridgehead atoms. The first-order valence-corrected chi connectivity index (χ1v) is 15.9. The summed E-state index contributed by atoms with van der Waals surface area (Å²) in [5.41, 5.74) is 6.57. The number of rotatable bonds is 4. The molecule has 0 N–H and O–H groups in total. The van der Waals surface area contributed by atoms with Crippen molar-refractivity contribution < 1.29 is 22.7 Å². The molecule has 1 aliphatic carbocycles. The smallest absolute Gasteiger partial charge is 0.337 e. The summed E-state index contributed by atoms with van der Waals surface area (Å²) in [4.78, 5) is 28.2. The monoisotopic (exact) mass is 561 g/mol. The van der Waals surface area contributed by atoms with E-state index in [1.807, 2.05) is 36.4 Å². The molecule has 0 radical (unpaired) electrons. The molecule has 3 aliphatic rings. The summed E-state index contributed by atoms with van der Waals surface area (Å²) in [7, 11) is -1.91. The normalized spacial score (nSPS) is 18.6. The van der Waals surface area contributed by atoms with E-state index in [0.29, 0.717) is 49.8 Å². The summed E-state index contributed by atoms with van der Waals surface area (Å²) in [5, 5.41) is 1.12. The Morgan fingerprint density at radius 2 is 1.68 bits per heavy atom. The average Bonchev–Trinajstić information content (AvgIpc) is 3.18. The second-order valence-corrected chi connectivity index (χ2v) is 13.1. The molecule has 3 heterocycles. The Balaban J connectivity index is 1.49. The number of fused-ring (bicyclic) bond motifs is 5. The van der Waals surface area contributed by atoms with E-state index in [1.54, 1.807) is 4.90 Å². The Labute approximate surface area is 235 Å². The second kappa shape index (κ2) is 10.5. The lowest BCUT2D eigenvalue weighted by Crippen LogP contribution is -2.50. The van der Waals surface area contributed by atoms with Crippen molar-refractivity contribution in [2.24, 2.45) is 0 Å². The minimum atomic E-state index is -3.29. The molecule has 0 unspecified atom stereocenters. The number of amides is 1. The highest BCUT2D eigenvalue weighted by atomic mass is 32.2. The molecule has 8 nitrogen and oxygen atoms in total. The van der Waals surface area contributed by atoms with Crippen molar-refractivity contribution in [2.75, 3.05) is 39.5 Å². The zero-order chi connectivity index (χ0) is 28.0. The van der Waals surface area contributed by atoms with Gasteiger partial charge in [0.05, 0.1) is 31.2 Å². The van der Waals surface area contributed by atoms with Crippen LogP contribution in [-0.2, 0) is 26.1 Å². The minimum Gasteiger partial charge on any atom is -0.465 e. The number of aromatic nitrogens is 1. The number of methoxy groups -OCH3 is 1. The largest absolute Gasteiger partial charge is 0.465 e. The SMILES string of the molecule is COC(=O)c1ccc2c(C3CCCCC3)c3n(c2c1)CC(C(=O)N1CCN(S(C)(=O)=O)CC1)=Cc1ccccc1-3. The van der Waals surface area contributed by atoms with E-state index in [1.165, 1.54) is 42.5 Å². The van der Waals surface area contributed by atoms with Gasteiger partial charge in [0.15, 0.2) is 0 Å². The maximum atomic E-state index is 14.0. The van der Waals surface area contributed by atoms with E-state index in [4.69, 9.17) is 4.74 Å². The quantitative estimate of drug-likeness (QED) is 0.433. The average molecular weight is 562 g/mol. The number of carbonyl (C=O) groups excluding carboxylic acids is 2. The van der Waals surface area contributed by atoms with Crippen LogP contribution in [0.2, 0.25) is 0 Å². The highest BCUT2D eigenvalue weighted by molar-refractivity contribution is 7.88. The van der Waals surface area contributed by atoms with Crippen LogP contribution in [0.1, 0.15) is 59.5 Å². The van der Waals surface area contributed by atoms with Crippen LogP contribution in [0.25, 0.3) is 28.2 Å². The molecule has 2 fully saturated rings. The van der Waals surface area contributed by atoms with Gasteiger partial charge in [0.2, 0.25) is 10.0 Å². The third-order valence-corrected chi connectivity index (χ3v) is 9.99. The van der Waals surface area contributed by atoms with Gasteiger partial charge in [-0.2, -0.15) is 4.31 Å². The van der Waals surface area contributed by atoms with Gasteiger partial charge in [-0.25, -0.2) is 13.2 Å². The molecule has 210 valence electrons. The molecule has 2 aromatic carbocycles. The van der Waals surface area contributed by atoms with Gasteiger partial charge in [0.1, 0.15) is 0 Å². The number of hydrogen-bond donors (Lipinski definition) is 0. The van der Waals surface area contributed by atoms with Gasteiger partial charge >= 0.3 is 5.97 Å². The van der Waals surface area contributed by atoms with E-state index < -0.39 is 10.0 Å². The van der Waals surface area contributed by atoms with Gasteiger partial charge in [-0.05, 0) is 48.1 Å². The van der Waals surface area contributed by atoms with E-state index >= 15 is 0 Å². The molecule has 9 heteroatoms. The number of carbonyl (C=O) groups is 2. The summed E-state index contributed by atoms with van der Waals surface area (Å²) in [5.74, 6) is -0.0619. The lowest BCUT2D eigenvalue weighted by atomic mass is 9.81. The van der Waals surface area contributed by atoms with Crippen LogP contribution in [0.15, 0.2) is 48.0 Å². The Bertz CT molecular complexity index is 1620. The molecule has 6 rings (SSSR count). The summed E-state index contributed by atoms with van der Waals surface area (Å²) in [6.45, 7) is 1.65. The van der Waals surface area contributed by atoms with Crippen LogP contribution in [-0.4, -0.2) is 73.6 Å². The van der Waals surface area contributed by atoms with E-state index in [0.717, 1.165) is 40.6 Å². The van der Waals surface area contributed by atoms with Crippen LogP contribution >= 0.6 is 0 Å². The fourth-order valence-corrected chi connectivity index (χ4v) is 7.50. The fraction of sp³-hybridized carbons (Fsp3) is 0.419. The zero-order valence-corrected chi connectivity index (χ0v) is 23.9. The Hall–Kier alpha value is -3.43. The van der Waals surface area contributed by atoms with Gasteiger partial charge in [0, 0.05) is 48.2 Å². The number of nitrogens with zero attached hydrogens (tertiary/aromatic N) is 3. The highest BCUT2D eigenvalue weighted by Crippen LogP contribution is 2.46. The predicted molar refractivity (Wildman–Crippen MR) is 156 cm³/mol. The molecule has 2 aliphatic heterocycles. The third-order valence-electron chi connectivity index (χ3n) is 8.68. The lowest BCUT2D eigenvalue weighted by molar-refractivity contribution is -0.128. The number of sulfonamides is 1. The molecular formula is C31H35N3O5S. The van der Waals surface area contributed by atoms with Crippen molar-refractivity contribution in [1.29, 1.82) is 0 Å². The first-order chi connectivity index (χ1) is 19.3. The van der Waals surface area contributed by atoms with E-state index in [-0.39, 0.29) is 11.9 Å². The topological polar surface area (TPSA) is 88.9 Å². The molecule has 40 heavy (non-hydrogen) atoms. The van der Waals surface area contributed by atoms with Crippen LogP contribution < -0.4 is 0 Å². The maximum absolute atomic E-state index is 14.0. The molecule has 1 saturated carbocycles. The van der Waals surface area contributed by atoms with Gasteiger partial charge in [-0.3, -0.25) is 4.79 Å². The summed E-state index contributed by atoms with van der Waals surface area (Å²) >= 11 is 0. The maximum Gasteiger partial charge on any atom is 0.337 e. The minimum absolute atomic E-state index is 0.0824. The molecule has 0 spiro atoms. The molecule has 1 aromatic heterocycles. The van der Waals surface area contributed by atoms with Gasteiger partial charge in [-0.15, -0.1) is 0 Å². The number of benzene rings is 2.